The molecule has 7 heteroatoms. The summed E-state index contributed by atoms with van der Waals surface area (Å²) in [5.41, 5.74) is -0.771. The number of carbonyl (C=O) groups excluding carboxylic acids is 1. The molecule has 0 radical (unpaired) electrons. The van der Waals surface area contributed by atoms with Crippen molar-refractivity contribution in [2.45, 2.75) is 19.9 Å². The van der Waals surface area contributed by atoms with Gasteiger partial charge in [-0.2, -0.15) is 4.39 Å². The van der Waals surface area contributed by atoms with Crippen molar-refractivity contribution in [1.29, 1.82) is 0 Å². The number of alkyl halides is 1. The molecule has 0 heterocycles. The van der Waals surface area contributed by atoms with Gasteiger partial charge in [0.2, 0.25) is 5.82 Å². The second-order valence-electron chi connectivity index (χ2n) is 4.36. The van der Waals surface area contributed by atoms with Gasteiger partial charge in [0.15, 0.2) is 17.4 Å². The standard InChI is InChI=1S/C12H13ClF3NO2/c1-5(2)8(4-13)17-12(19)6-3-7(14)10(16)11(18)9(6)15/h3,5,8,18H,4H2,1-2H3,(H,17,19). The van der Waals surface area contributed by atoms with E-state index in [-0.39, 0.29) is 11.8 Å². The summed E-state index contributed by atoms with van der Waals surface area (Å²) in [5.74, 6) is -7.16. The summed E-state index contributed by atoms with van der Waals surface area (Å²) in [5, 5.41) is 11.4. The second-order valence-corrected chi connectivity index (χ2v) is 4.67. The number of aromatic hydroxyl groups is 1. The van der Waals surface area contributed by atoms with Gasteiger partial charge in [-0.15, -0.1) is 11.6 Å². The summed E-state index contributed by atoms with van der Waals surface area (Å²) in [6.45, 7) is 3.57. The van der Waals surface area contributed by atoms with Gasteiger partial charge < -0.3 is 10.4 Å². The normalized spacial score (nSPS) is 12.6. The van der Waals surface area contributed by atoms with Crippen LogP contribution in [0.5, 0.6) is 5.75 Å². The van der Waals surface area contributed by atoms with E-state index >= 15 is 0 Å². The molecule has 106 valence electrons. The summed E-state index contributed by atoms with van der Waals surface area (Å²) < 4.78 is 39.4. The molecule has 0 spiro atoms. The van der Waals surface area contributed by atoms with Gasteiger partial charge in [-0.25, -0.2) is 8.78 Å². The number of benzene rings is 1. The molecule has 0 aliphatic rings. The molecule has 2 N–H and O–H groups in total. The molecule has 0 fully saturated rings. The predicted molar refractivity (Wildman–Crippen MR) is 64.8 cm³/mol. The Bertz CT molecular complexity index is 494. The highest BCUT2D eigenvalue weighted by Crippen LogP contribution is 2.25. The van der Waals surface area contributed by atoms with Crippen LogP contribution in [0.3, 0.4) is 0 Å². The third kappa shape index (κ3) is 3.32. The van der Waals surface area contributed by atoms with Crippen LogP contribution >= 0.6 is 11.6 Å². The molecule has 1 amide bonds. The molecule has 0 saturated carbocycles. The largest absolute Gasteiger partial charge is 0.503 e. The molecule has 1 aromatic carbocycles. The summed E-state index contributed by atoms with van der Waals surface area (Å²) in [6.07, 6.45) is 0. The number of phenolic OH excluding ortho intramolecular Hbond substituents is 1. The first-order valence-corrected chi connectivity index (χ1v) is 6.06. The van der Waals surface area contributed by atoms with Crippen molar-refractivity contribution in [3.8, 4) is 5.75 Å². The van der Waals surface area contributed by atoms with E-state index in [4.69, 9.17) is 16.7 Å². The van der Waals surface area contributed by atoms with Gasteiger partial charge >= 0.3 is 0 Å². The van der Waals surface area contributed by atoms with Crippen LogP contribution in [0, 0.1) is 23.4 Å². The van der Waals surface area contributed by atoms with Gasteiger partial charge in [-0.05, 0) is 12.0 Å². The molecular weight excluding hydrogens is 283 g/mol. The number of rotatable bonds is 4. The van der Waals surface area contributed by atoms with Crippen LogP contribution in [0.2, 0.25) is 0 Å². The van der Waals surface area contributed by atoms with Crippen molar-refractivity contribution in [2.75, 3.05) is 5.88 Å². The summed E-state index contributed by atoms with van der Waals surface area (Å²) in [6, 6.07) is -0.0606. The SMILES string of the molecule is CC(C)C(CCl)NC(=O)c1cc(F)c(F)c(O)c1F. The highest BCUT2D eigenvalue weighted by Gasteiger charge is 2.24. The van der Waals surface area contributed by atoms with E-state index in [0.29, 0.717) is 6.07 Å². The van der Waals surface area contributed by atoms with E-state index in [1.54, 1.807) is 13.8 Å². The zero-order valence-corrected chi connectivity index (χ0v) is 11.1. The molecule has 1 rings (SSSR count). The first kappa shape index (κ1) is 15.6. The minimum absolute atomic E-state index is 0.0246. The molecule has 19 heavy (non-hydrogen) atoms. The topological polar surface area (TPSA) is 49.3 Å². The van der Waals surface area contributed by atoms with Crippen LogP contribution < -0.4 is 5.32 Å². The summed E-state index contributed by atoms with van der Waals surface area (Å²) in [7, 11) is 0. The maximum Gasteiger partial charge on any atom is 0.254 e. The third-order valence-corrected chi connectivity index (χ3v) is 3.00. The minimum atomic E-state index is -1.73. The lowest BCUT2D eigenvalue weighted by Crippen LogP contribution is -2.40. The molecule has 1 atom stereocenters. The lowest BCUT2D eigenvalue weighted by atomic mass is 10.1. The molecule has 1 aromatic rings. The van der Waals surface area contributed by atoms with Gasteiger partial charge in [0, 0.05) is 11.9 Å². The molecule has 0 aromatic heterocycles. The average Bonchev–Trinajstić information content (AvgIpc) is 2.36. The molecule has 0 aliphatic carbocycles. The van der Waals surface area contributed by atoms with Crippen molar-refractivity contribution < 1.29 is 23.1 Å². The van der Waals surface area contributed by atoms with E-state index in [0.717, 1.165) is 0 Å². The minimum Gasteiger partial charge on any atom is -0.503 e. The quantitative estimate of drug-likeness (QED) is 0.663. The van der Waals surface area contributed by atoms with Crippen LogP contribution in [0.4, 0.5) is 13.2 Å². The van der Waals surface area contributed by atoms with Crippen molar-refractivity contribution in [3.63, 3.8) is 0 Å². The number of hydrogen-bond acceptors (Lipinski definition) is 2. The number of nitrogens with one attached hydrogen (secondary N) is 1. The monoisotopic (exact) mass is 295 g/mol. The van der Waals surface area contributed by atoms with Crippen LogP contribution in [0.25, 0.3) is 0 Å². The number of carbonyl (C=O) groups is 1. The second kappa shape index (κ2) is 6.14. The molecule has 0 bridgehead atoms. The van der Waals surface area contributed by atoms with Gasteiger partial charge in [-0.3, -0.25) is 4.79 Å². The number of hydrogen-bond donors (Lipinski definition) is 2. The maximum absolute atomic E-state index is 13.5. The lowest BCUT2D eigenvalue weighted by molar-refractivity contribution is 0.0925. The Morgan fingerprint density at radius 2 is 1.95 bits per heavy atom. The van der Waals surface area contributed by atoms with Crippen LogP contribution in [-0.2, 0) is 0 Å². The number of amides is 1. The fourth-order valence-electron chi connectivity index (χ4n) is 1.39. The number of halogens is 4. The summed E-state index contributed by atoms with van der Waals surface area (Å²) >= 11 is 5.63. The Kier molecular flexibility index (Phi) is 5.05. The van der Waals surface area contributed by atoms with Crippen molar-refractivity contribution in [3.05, 3.63) is 29.1 Å². The van der Waals surface area contributed by atoms with Gasteiger partial charge in [-0.1, -0.05) is 13.8 Å². The molecule has 1 unspecified atom stereocenters. The predicted octanol–water partition coefficient (Wildman–Crippen LogP) is 2.80. The highest BCUT2D eigenvalue weighted by molar-refractivity contribution is 6.18. The van der Waals surface area contributed by atoms with Crippen LogP contribution in [0.1, 0.15) is 24.2 Å². The van der Waals surface area contributed by atoms with E-state index in [9.17, 15) is 18.0 Å². The van der Waals surface area contributed by atoms with E-state index in [1.165, 1.54) is 0 Å². The Labute approximate surface area is 113 Å². The fraction of sp³-hybridized carbons (Fsp3) is 0.417. The van der Waals surface area contributed by atoms with Crippen molar-refractivity contribution >= 4 is 17.5 Å². The Hall–Kier alpha value is -1.43. The third-order valence-electron chi connectivity index (χ3n) is 2.67. The Balaban J connectivity index is 3.07. The highest BCUT2D eigenvalue weighted by atomic mass is 35.5. The zero-order valence-electron chi connectivity index (χ0n) is 10.3. The van der Waals surface area contributed by atoms with Crippen molar-refractivity contribution in [2.24, 2.45) is 5.92 Å². The fourth-order valence-corrected chi connectivity index (χ4v) is 1.82. The lowest BCUT2D eigenvalue weighted by Gasteiger charge is -2.20. The molecule has 0 saturated heterocycles. The van der Waals surface area contributed by atoms with Gasteiger partial charge in [0.25, 0.3) is 5.91 Å². The smallest absolute Gasteiger partial charge is 0.254 e. The van der Waals surface area contributed by atoms with Crippen LogP contribution in [0.15, 0.2) is 6.07 Å². The Morgan fingerprint density at radius 3 is 2.42 bits per heavy atom. The Morgan fingerprint density at radius 1 is 1.37 bits per heavy atom. The zero-order chi connectivity index (χ0) is 14.7. The van der Waals surface area contributed by atoms with Gasteiger partial charge in [0.1, 0.15) is 0 Å². The van der Waals surface area contributed by atoms with Gasteiger partial charge in [0.05, 0.1) is 5.56 Å². The first-order chi connectivity index (χ1) is 8.79. The first-order valence-electron chi connectivity index (χ1n) is 5.52. The van der Waals surface area contributed by atoms with E-state index in [2.05, 4.69) is 5.32 Å². The average molecular weight is 296 g/mol. The summed E-state index contributed by atoms with van der Waals surface area (Å²) in [4.78, 5) is 11.7. The van der Waals surface area contributed by atoms with Crippen LogP contribution in [-0.4, -0.2) is 22.9 Å². The molecule has 3 nitrogen and oxygen atoms in total. The number of phenols is 1. The molecule has 0 aliphatic heterocycles. The molecular formula is C12H13ClF3NO2. The van der Waals surface area contributed by atoms with Crippen molar-refractivity contribution in [1.82, 2.24) is 5.32 Å². The van der Waals surface area contributed by atoms with E-state index < -0.39 is 40.7 Å². The maximum atomic E-state index is 13.5. The van der Waals surface area contributed by atoms with E-state index in [1.807, 2.05) is 0 Å².